The van der Waals surface area contributed by atoms with Gasteiger partial charge in [0.25, 0.3) is 0 Å². The summed E-state index contributed by atoms with van der Waals surface area (Å²) >= 11 is 6.16. The summed E-state index contributed by atoms with van der Waals surface area (Å²) in [6.45, 7) is 2.99. The topological polar surface area (TPSA) is 35.2 Å². The van der Waals surface area contributed by atoms with Crippen LogP contribution in [0.25, 0.3) is 0 Å². The van der Waals surface area contributed by atoms with Gasteiger partial charge in [0, 0.05) is 23.0 Å². The highest BCUT2D eigenvalue weighted by atomic mass is 35.5. The molecule has 0 bridgehead atoms. The molecule has 0 aromatic heterocycles. The second-order valence-corrected chi connectivity index (χ2v) is 5.83. The second-order valence-electron chi connectivity index (χ2n) is 5.39. The van der Waals surface area contributed by atoms with Crippen molar-refractivity contribution in [2.24, 2.45) is 5.73 Å². The molecule has 1 heterocycles. The Labute approximate surface area is 121 Å². The molecule has 1 atom stereocenters. The van der Waals surface area contributed by atoms with E-state index in [4.69, 9.17) is 22.1 Å². The van der Waals surface area contributed by atoms with Gasteiger partial charge in [0.05, 0.1) is 6.61 Å². The Morgan fingerprint density at radius 2 is 2.05 bits per heavy atom. The first-order valence-corrected chi connectivity index (χ1v) is 7.81. The number of nitrogens with two attached hydrogens (primary N) is 1. The van der Waals surface area contributed by atoms with Crippen molar-refractivity contribution in [3.8, 4) is 5.75 Å². The number of ether oxygens (including phenoxy) is 1. The molecule has 2 rings (SSSR count). The van der Waals surface area contributed by atoms with Crippen molar-refractivity contribution in [2.45, 2.75) is 57.9 Å². The average Bonchev–Trinajstić information content (AvgIpc) is 2.85. The zero-order chi connectivity index (χ0) is 13.7. The summed E-state index contributed by atoms with van der Waals surface area (Å²) in [5.41, 5.74) is 8.62. The van der Waals surface area contributed by atoms with E-state index in [0.717, 1.165) is 35.8 Å². The summed E-state index contributed by atoms with van der Waals surface area (Å²) in [7, 11) is 0. The van der Waals surface area contributed by atoms with Crippen molar-refractivity contribution < 1.29 is 4.74 Å². The lowest BCUT2D eigenvalue weighted by atomic mass is 9.97. The monoisotopic (exact) mass is 281 g/mol. The highest BCUT2D eigenvalue weighted by Gasteiger charge is 2.21. The van der Waals surface area contributed by atoms with E-state index in [1.165, 1.54) is 37.7 Å². The molecule has 19 heavy (non-hydrogen) atoms. The normalized spacial score (nSPS) is 15.1. The second kappa shape index (κ2) is 7.16. The Morgan fingerprint density at radius 3 is 2.84 bits per heavy atom. The molecule has 0 amide bonds. The number of halogens is 1. The molecular weight excluding hydrogens is 258 g/mol. The molecule has 0 saturated heterocycles. The minimum absolute atomic E-state index is 0.0483. The van der Waals surface area contributed by atoms with Gasteiger partial charge in [-0.15, -0.1) is 0 Å². The third kappa shape index (κ3) is 3.87. The van der Waals surface area contributed by atoms with Crippen LogP contribution < -0.4 is 10.5 Å². The van der Waals surface area contributed by atoms with Crippen molar-refractivity contribution in [2.75, 3.05) is 6.61 Å². The van der Waals surface area contributed by atoms with Crippen molar-refractivity contribution in [3.05, 3.63) is 28.3 Å². The summed E-state index contributed by atoms with van der Waals surface area (Å²) < 4.78 is 5.71. The van der Waals surface area contributed by atoms with Crippen LogP contribution in [0.5, 0.6) is 5.75 Å². The maximum Gasteiger partial charge on any atom is 0.127 e. The molecule has 1 aliphatic rings. The van der Waals surface area contributed by atoms with Gasteiger partial charge in [-0.1, -0.05) is 50.6 Å². The van der Waals surface area contributed by atoms with Crippen LogP contribution in [-0.4, -0.2) is 6.61 Å². The lowest BCUT2D eigenvalue weighted by Gasteiger charge is -2.16. The van der Waals surface area contributed by atoms with E-state index in [2.05, 4.69) is 6.92 Å². The lowest BCUT2D eigenvalue weighted by molar-refractivity contribution is 0.350. The van der Waals surface area contributed by atoms with Crippen LogP contribution in [0.3, 0.4) is 0 Å². The fourth-order valence-electron chi connectivity index (χ4n) is 2.70. The van der Waals surface area contributed by atoms with Crippen molar-refractivity contribution in [1.29, 1.82) is 0 Å². The Hall–Kier alpha value is -0.730. The highest BCUT2D eigenvalue weighted by Crippen LogP contribution is 2.37. The molecule has 2 nitrogen and oxygen atoms in total. The molecule has 2 N–H and O–H groups in total. The van der Waals surface area contributed by atoms with Crippen molar-refractivity contribution in [1.82, 2.24) is 0 Å². The average molecular weight is 282 g/mol. The maximum absolute atomic E-state index is 6.31. The third-order valence-electron chi connectivity index (χ3n) is 3.80. The number of rotatable bonds is 7. The van der Waals surface area contributed by atoms with Crippen molar-refractivity contribution >= 4 is 11.6 Å². The summed E-state index contributed by atoms with van der Waals surface area (Å²) in [6.07, 6.45) is 8.33. The number of hydrogen-bond acceptors (Lipinski definition) is 2. The van der Waals surface area contributed by atoms with E-state index >= 15 is 0 Å². The van der Waals surface area contributed by atoms with Gasteiger partial charge in [0.1, 0.15) is 5.75 Å². The van der Waals surface area contributed by atoms with Crippen LogP contribution >= 0.6 is 11.6 Å². The highest BCUT2D eigenvalue weighted by molar-refractivity contribution is 6.30. The van der Waals surface area contributed by atoms with Crippen LogP contribution in [0.2, 0.25) is 5.02 Å². The van der Waals surface area contributed by atoms with Crippen LogP contribution in [-0.2, 0) is 6.42 Å². The first-order chi connectivity index (χ1) is 9.22. The van der Waals surface area contributed by atoms with Gasteiger partial charge in [0.15, 0.2) is 0 Å². The summed E-state index contributed by atoms with van der Waals surface area (Å²) in [4.78, 5) is 0. The quantitative estimate of drug-likeness (QED) is 0.739. The zero-order valence-electron chi connectivity index (χ0n) is 11.8. The Kier molecular flexibility index (Phi) is 5.53. The minimum atomic E-state index is 0.0483. The number of benzene rings is 1. The summed E-state index contributed by atoms with van der Waals surface area (Å²) in [5, 5.41) is 0.778. The molecule has 1 aromatic carbocycles. The molecule has 1 aliphatic heterocycles. The number of unbranched alkanes of at least 4 members (excludes halogenated alkanes) is 4. The van der Waals surface area contributed by atoms with Crippen LogP contribution in [0.1, 0.15) is 62.6 Å². The first-order valence-electron chi connectivity index (χ1n) is 7.43. The molecule has 0 aliphatic carbocycles. The molecule has 1 unspecified atom stereocenters. The predicted molar refractivity (Wildman–Crippen MR) is 81.0 cm³/mol. The number of hydrogen-bond donors (Lipinski definition) is 1. The molecule has 3 heteroatoms. The van der Waals surface area contributed by atoms with Gasteiger partial charge < -0.3 is 10.5 Å². The van der Waals surface area contributed by atoms with E-state index in [1.54, 1.807) is 0 Å². The molecule has 0 fully saturated rings. The standard InChI is InChI=1S/C16H24ClNO/c1-2-3-4-5-6-7-15(18)14-11-13(17)10-12-8-9-19-16(12)14/h10-11,15H,2-9,18H2,1H3. The fourth-order valence-corrected chi connectivity index (χ4v) is 2.95. The Bertz CT molecular complexity index is 419. The third-order valence-corrected chi connectivity index (χ3v) is 4.01. The maximum atomic E-state index is 6.31. The van der Waals surface area contributed by atoms with E-state index in [0.29, 0.717) is 0 Å². The van der Waals surface area contributed by atoms with Crippen molar-refractivity contribution in [3.63, 3.8) is 0 Å². The first kappa shape index (κ1) is 14.7. The van der Waals surface area contributed by atoms with Gasteiger partial charge in [-0.25, -0.2) is 0 Å². The van der Waals surface area contributed by atoms with E-state index in [9.17, 15) is 0 Å². The molecule has 0 spiro atoms. The van der Waals surface area contributed by atoms with Gasteiger partial charge >= 0.3 is 0 Å². The Balaban J connectivity index is 1.94. The summed E-state index contributed by atoms with van der Waals surface area (Å²) in [5.74, 6) is 0.991. The summed E-state index contributed by atoms with van der Waals surface area (Å²) in [6, 6.07) is 4.02. The molecule has 0 radical (unpaired) electrons. The molecular formula is C16H24ClNO. The zero-order valence-corrected chi connectivity index (χ0v) is 12.5. The minimum Gasteiger partial charge on any atom is -0.493 e. The van der Waals surface area contributed by atoms with Gasteiger partial charge in [-0.3, -0.25) is 0 Å². The Morgan fingerprint density at radius 1 is 1.26 bits per heavy atom. The van der Waals surface area contributed by atoms with E-state index in [-0.39, 0.29) is 6.04 Å². The molecule has 0 saturated carbocycles. The predicted octanol–water partition coefficient (Wildman–Crippen LogP) is 4.64. The van der Waals surface area contributed by atoms with E-state index in [1.807, 2.05) is 12.1 Å². The van der Waals surface area contributed by atoms with Crippen LogP contribution in [0.15, 0.2) is 12.1 Å². The molecule has 1 aromatic rings. The van der Waals surface area contributed by atoms with Crippen LogP contribution in [0.4, 0.5) is 0 Å². The number of fused-ring (bicyclic) bond motifs is 1. The SMILES string of the molecule is CCCCCCCC(N)c1cc(Cl)cc2c1OCC2. The molecule has 106 valence electrons. The van der Waals surface area contributed by atoms with E-state index < -0.39 is 0 Å². The van der Waals surface area contributed by atoms with Gasteiger partial charge in [0.2, 0.25) is 0 Å². The van der Waals surface area contributed by atoms with Gasteiger partial charge in [-0.2, -0.15) is 0 Å². The lowest BCUT2D eigenvalue weighted by Crippen LogP contribution is -2.11. The fraction of sp³-hybridized carbons (Fsp3) is 0.625. The smallest absolute Gasteiger partial charge is 0.127 e. The largest absolute Gasteiger partial charge is 0.493 e. The van der Waals surface area contributed by atoms with Gasteiger partial charge in [-0.05, 0) is 24.1 Å². The van der Waals surface area contributed by atoms with Crippen LogP contribution in [0, 0.1) is 0 Å².